The summed E-state index contributed by atoms with van der Waals surface area (Å²) in [4.78, 5) is 11.8. The van der Waals surface area contributed by atoms with Crippen molar-refractivity contribution in [2.75, 3.05) is 19.7 Å². The number of sulfonamides is 1. The molecule has 26 heavy (non-hydrogen) atoms. The lowest BCUT2D eigenvalue weighted by molar-refractivity contribution is -0.138. The fourth-order valence-electron chi connectivity index (χ4n) is 2.75. The van der Waals surface area contributed by atoms with Crippen LogP contribution in [0.2, 0.25) is 0 Å². The number of carbonyl (C=O) groups excluding carboxylic acids is 1. The molecule has 0 saturated carbocycles. The van der Waals surface area contributed by atoms with Crippen molar-refractivity contribution in [3.8, 4) is 6.07 Å². The number of carbonyl (C=O) groups is 1. The van der Waals surface area contributed by atoms with Gasteiger partial charge >= 0.3 is 5.97 Å². The van der Waals surface area contributed by atoms with E-state index in [1.165, 1.54) is 10.5 Å². The summed E-state index contributed by atoms with van der Waals surface area (Å²) in [6.45, 7) is 3.07. The molecule has 0 atom stereocenters. The Hall–Kier alpha value is -2.37. The first kappa shape index (κ1) is 19.9. The van der Waals surface area contributed by atoms with Crippen molar-refractivity contribution in [2.45, 2.75) is 37.6 Å². The SMILES string of the molecule is CCOC(=O)C(C#N)=CNCc1ccccc1S(=O)(=O)N1CCCCC1. The maximum absolute atomic E-state index is 12.9. The summed E-state index contributed by atoms with van der Waals surface area (Å²) in [7, 11) is -3.56. The summed E-state index contributed by atoms with van der Waals surface area (Å²) < 4.78 is 32.1. The van der Waals surface area contributed by atoms with Crippen molar-refractivity contribution in [3.63, 3.8) is 0 Å². The lowest BCUT2D eigenvalue weighted by Crippen LogP contribution is -2.36. The summed E-state index contributed by atoms with van der Waals surface area (Å²) in [5.74, 6) is -0.711. The van der Waals surface area contributed by atoms with E-state index >= 15 is 0 Å². The van der Waals surface area contributed by atoms with Crippen LogP contribution in [-0.4, -0.2) is 38.4 Å². The van der Waals surface area contributed by atoms with Gasteiger partial charge in [-0.15, -0.1) is 0 Å². The summed E-state index contributed by atoms with van der Waals surface area (Å²) in [5, 5.41) is 11.9. The van der Waals surface area contributed by atoms with E-state index in [9.17, 15) is 13.2 Å². The van der Waals surface area contributed by atoms with Crippen molar-refractivity contribution in [3.05, 3.63) is 41.6 Å². The Balaban J connectivity index is 2.16. The smallest absolute Gasteiger partial charge is 0.350 e. The third kappa shape index (κ3) is 4.84. The number of benzene rings is 1. The molecule has 0 aromatic heterocycles. The largest absolute Gasteiger partial charge is 0.462 e. The number of nitriles is 1. The Kier molecular flexibility index (Phi) is 7.18. The first-order valence-corrected chi connectivity index (χ1v) is 10.0. The first-order valence-electron chi connectivity index (χ1n) is 8.59. The molecule has 7 nitrogen and oxygen atoms in total. The van der Waals surface area contributed by atoms with Crippen LogP contribution in [0.3, 0.4) is 0 Å². The zero-order valence-electron chi connectivity index (χ0n) is 14.8. The Morgan fingerprint density at radius 1 is 1.31 bits per heavy atom. The molecule has 0 radical (unpaired) electrons. The van der Waals surface area contributed by atoms with Crippen LogP contribution in [0.15, 0.2) is 40.9 Å². The molecule has 0 bridgehead atoms. The van der Waals surface area contributed by atoms with Gasteiger partial charge in [0, 0.05) is 25.8 Å². The molecule has 0 spiro atoms. The van der Waals surface area contributed by atoms with E-state index in [1.54, 1.807) is 37.3 Å². The molecule has 0 amide bonds. The van der Waals surface area contributed by atoms with Crippen LogP contribution in [-0.2, 0) is 26.1 Å². The number of esters is 1. The van der Waals surface area contributed by atoms with Gasteiger partial charge in [-0.3, -0.25) is 0 Å². The molecule has 1 aromatic rings. The molecule has 1 heterocycles. The van der Waals surface area contributed by atoms with E-state index < -0.39 is 16.0 Å². The molecule has 1 N–H and O–H groups in total. The van der Waals surface area contributed by atoms with Crippen LogP contribution >= 0.6 is 0 Å². The number of hydrogen-bond acceptors (Lipinski definition) is 6. The zero-order chi connectivity index (χ0) is 19.0. The highest BCUT2D eigenvalue weighted by atomic mass is 32.2. The second-order valence-corrected chi connectivity index (χ2v) is 7.75. The van der Waals surface area contributed by atoms with Crippen molar-refractivity contribution in [1.82, 2.24) is 9.62 Å². The summed E-state index contributed by atoms with van der Waals surface area (Å²) in [6, 6.07) is 8.51. The number of nitrogens with one attached hydrogen (secondary N) is 1. The van der Waals surface area contributed by atoms with Crippen LogP contribution in [0.4, 0.5) is 0 Å². The number of piperidine rings is 1. The van der Waals surface area contributed by atoms with Crippen molar-refractivity contribution < 1.29 is 17.9 Å². The number of ether oxygens (including phenoxy) is 1. The molecule has 1 fully saturated rings. The normalized spacial score (nSPS) is 15.9. The maximum Gasteiger partial charge on any atom is 0.350 e. The summed E-state index contributed by atoms with van der Waals surface area (Å²) in [5.41, 5.74) is 0.415. The van der Waals surface area contributed by atoms with E-state index in [0.717, 1.165) is 19.3 Å². The highest BCUT2D eigenvalue weighted by Gasteiger charge is 2.27. The van der Waals surface area contributed by atoms with Crippen molar-refractivity contribution >= 4 is 16.0 Å². The monoisotopic (exact) mass is 377 g/mol. The molecular weight excluding hydrogens is 354 g/mol. The van der Waals surface area contributed by atoms with Gasteiger partial charge in [-0.05, 0) is 31.4 Å². The number of rotatable bonds is 7. The minimum atomic E-state index is -3.56. The van der Waals surface area contributed by atoms with Crippen LogP contribution in [0.1, 0.15) is 31.7 Å². The lowest BCUT2D eigenvalue weighted by atomic mass is 10.2. The lowest BCUT2D eigenvalue weighted by Gasteiger charge is -2.26. The Morgan fingerprint density at radius 3 is 2.65 bits per heavy atom. The van der Waals surface area contributed by atoms with Gasteiger partial charge in [-0.25, -0.2) is 13.2 Å². The van der Waals surface area contributed by atoms with Gasteiger partial charge in [-0.2, -0.15) is 9.57 Å². The standard InChI is InChI=1S/C18H23N3O4S/c1-2-25-18(22)16(12-19)14-20-13-15-8-4-5-9-17(15)26(23,24)21-10-6-3-7-11-21/h4-5,8-9,14,20H,2-3,6-7,10-11,13H2,1H3. The molecule has 0 unspecified atom stereocenters. The Labute approximate surface area is 154 Å². The summed E-state index contributed by atoms with van der Waals surface area (Å²) >= 11 is 0. The second-order valence-electron chi connectivity index (χ2n) is 5.84. The molecule has 2 rings (SSSR count). The number of hydrogen-bond donors (Lipinski definition) is 1. The molecule has 8 heteroatoms. The number of nitrogens with zero attached hydrogens (tertiary/aromatic N) is 2. The fourth-order valence-corrected chi connectivity index (χ4v) is 4.49. The third-order valence-electron chi connectivity index (χ3n) is 4.06. The Morgan fingerprint density at radius 2 is 2.00 bits per heavy atom. The molecule has 140 valence electrons. The van der Waals surface area contributed by atoms with E-state index in [2.05, 4.69) is 5.32 Å². The quantitative estimate of drug-likeness (QED) is 0.443. The molecule has 1 aromatic carbocycles. The zero-order valence-corrected chi connectivity index (χ0v) is 15.6. The third-order valence-corrected chi connectivity index (χ3v) is 6.06. The highest BCUT2D eigenvalue weighted by Crippen LogP contribution is 2.23. The predicted octanol–water partition coefficient (Wildman–Crippen LogP) is 1.92. The van der Waals surface area contributed by atoms with Gasteiger partial charge < -0.3 is 10.1 Å². The van der Waals surface area contributed by atoms with Gasteiger partial charge in [0.2, 0.25) is 10.0 Å². The summed E-state index contributed by atoms with van der Waals surface area (Å²) in [6.07, 6.45) is 4.04. The van der Waals surface area contributed by atoms with E-state index in [-0.39, 0.29) is 23.6 Å². The maximum atomic E-state index is 12.9. The first-order chi connectivity index (χ1) is 12.5. The van der Waals surface area contributed by atoms with Crippen LogP contribution in [0.5, 0.6) is 0 Å². The topological polar surface area (TPSA) is 99.5 Å². The fraction of sp³-hybridized carbons (Fsp3) is 0.444. The van der Waals surface area contributed by atoms with Crippen LogP contribution in [0.25, 0.3) is 0 Å². The average Bonchev–Trinajstić information content (AvgIpc) is 2.66. The molecule has 1 saturated heterocycles. The minimum Gasteiger partial charge on any atom is -0.462 e. The van der Waals surface area contributed by atoms with Gasteiger partial charge in [0.25, 0.3) is 0 Å². The van der Waals surface area contributed by atoms with Gasteiger partial charge in [0.05, 0.1) is 11.5 Å². The van der Waals surface area contributed by atoms with E-state index in [1.807, 2.05) is 0 Å². The molecule has 1 aliphatic rings. The molecular formula is C18H23N3O4S. The predicted molar refractivity (Wildman–Crippen MR) is 96.2 cm³/mol. The van der Waals surface area contributed by atoms with E-state index in [4.69, 9.17) is 10.00 Å². The van der Waals surface area contributed by atoms with Crippen LogP contribution < -0.4 is 5.32 Å². The average molecular weight is 377 g/mol. The Bertz CT molecular complexity index is 806. The van der Waals surface area contributed by atoms with Gasteiger partial charge in [0.1, 0.15) is 6.07 Å². The van der Waals surface area contributed by atoms with Crippen LogP contribution in [0, 0.1) is 11.3 Å². The second kappa shape index (κ2) is 9.36. The highest BCUT2D eigenvalue weighted by molar-refractivity contribution is 7.89. The van der Waals surface area contributed by atoms with Gasteiger partial charge in [-0.1, -0.05) is 24.6 Å². The molecule has 0 aliphatic carbocycles. The minimum absolute atomic E-state index is 0.164. The molecule has 1 aliphatic heterocycles. The van der Waals surface area contributed by atoms with Crippen molar-refractivity contribution in [1.29, 1.82) is 5.26 Å². The van der Waals surface area contributed by atoms with Crippen molar-refractivity contribution in [2.24, 2.45) is 0 Å². The van der Waals surface area contributed by atoms with Gasteiger partial charge in [0.15, 0.2) is 5.57 Å². The van der Waals surface area contributed by atoms with E-state index in [0.29, 0.717) is 18.7 Å².